The van der Waals surface area contributed by atoms with E-state index in [2.05, 4.69) is 20.2 Å². The molecule has 4 aromatic rings. The molecule has 0 unspecified atom stereocenters. The molecule has 10 heteroatoms. The molecule has 8 nitrogen and oxygen atoms in total. The summed E-state index contributed by atoms with van der Waals surface area (Å²) < 4.78 is 2.05. The minimum absolute atomic E-state index is 0.0161. The first-order chi connectivity index (χ1) is 15.9. The smallest absolute Gasteiger partial charge is 0.258 e. The highest BCUT2D eigenvalue weighted by Gasteiger charge is 2.19. The third kappa shape index (κ3) is 5.04. The number of carbonyl (C=O) groups is 1. The van der Waals surface area contributed by atoms with Gasteiger partial charge in [-0.15, -0.1) is 0 Å². The molecule has 0 aliphatic heterocycles. The number of H-pyrrole nitrogens is 2. The molecule has 0 atom stereocenters. The highest BCUT2D eigenvalue weighted by Crippen LogP contribution is 2.19. The molecule has 33 heavy (non-hydrogen) atoms. The quantitative estimate of drug-likeness (QED) is 0.384. The van der Waals surface area contributed by atoms with E-state index in [1.165, 1.54) is 0 Å². The molecule has 2 heterocycles. The van der Waals surface area contributed by atoms with Crippen LogP contribution in [-0.4, -0.2) is 42.1 Å². The fourth-order valence-corrected chi connectivity index (χ4v) is 4.05. The first-order valence-corrected chi connectivity index (χ1v) is 11.3. The summed E-state index contributed by atoms with van der Waals surface area (Å²) in [4.78, 5) is 34.7. The zero-order valence-electron chi connectivity index (χ0n) is 18.3. The summed E-state index contributed by atoms with van der Waals surface area (Å²) in [5.74, 6) is 0.837. The van der Waals surface area contributed by atoms with Crippen LogP contribution in [0.25, 0.3) is 22.3 Å². The van der Waals surface area contributed by atoms with Gasteiger partial charge in [0.1, 0.15) is 12.4 Å². The second-order valence-corrected chi connectivity index (χ2v) is 8.62. The van der Waals surface area contributed by atoms with E-state index in [0.29, 0.717) is 38.9 Å². The van der Waals surface area contributed by atoms with Crippen molar-refractivity contribution in [2.75, 3.05) is 6.54 Å². The molecule has 0 fully saturated rings. The van der Waals surface area contributed by atoms with Crippen LogP contribution in [0.2, 0.25) is 5.02 Å². The summed E-state index contributed by atoms with van der Waals surface area (Å²) >= 11 is 11.4. The maximum Gasteiger partial charge on any atom is 0.258 e. The average Bonchev–Trinajstić information content (AvgIpc) is 3.13. The Morgan fingerprint density at radius 1 is 1.24 bits per heavy atom. The monoisotopic (exact) mass is 482 g/mol. The Kier molecular flexibility index (Phi) is 6.71. The lowest BCUT2D eigenvalue weighted by atomic mass is 10.1. The molecule has 0 aliphatic carbocycles. The molecule has 2 N–H and O–H groups in total. The Labute approximate surface area is 200 Å². The summed E-state index contributed by atoms with van der Waals surface area (Å²) in [6.45, 7) is 4.66. The average molecular weight is 483 g/mol. The number of aromatic nitrogens is 5. The van der Waals surface area contributed by atoms with Gasteiger partial charge in [0, 0.05) is 17.1 Å². The standard InChI is InChI=1S/C23H23ClN6O2S/c1-3-9-29(12-19-25-18-11-16(24)7-8-17(18)22(32)26-19)20(31)13-30-21(27-28-23(30)33)15-6-4-5-14(2)10-15/h4-8,10-11H,3,9,12-13H2,1-2H3,(H,28,33)(H,25,26,32). The van der Waals surface area contributed by atoms with E-state index in [1.54, 1.807) is 27.7 Å². The molecule has 0 aliphatic rings. The highest BCUT2D eigenvalue weighted by molar-refractivity contribution is 7.71. The normalized spacial score (nSPS) is 11.1. The molecule has 170 valence electrons. The number of aryl methyl sites for hydroxylation is 1. The lowest BCUT2D eigenvalue weighted by Crippen LogP contribution is -2.35. The van der Waals surface area contributed by atoms with Crippen molar-refractivity contribution in [3.05, 3.63) is 74.0 Å². The lowest BCUT2D eigenvalue weighted by Gasteiger charge is -2.22. The van der Waals surface area contributed by atoms with Gasteiger partial charge in [-0.25, -0.2) is 4.98 Å². The summed E-state index contributed by atoms with van der Waals surface area (Å²) in [6, 6.07) is 12.8. The van der Waals surface area contributed by atoms with Gasteiger partial charge in [0.15, 0.2) is 10.6 Å². The van der Waals surface area contributed by atoms with Crippen molar-refractivity contribution < 1.29 is 4.79 Å². The van der Waals surface area contributed by atoms with E-state index in [1.807, 2.05) is 38.1 Å². The molecule has 1 amide bonds. The van der Waals surface area contributed by atoms with Crippen LogP contribution in [0.15, 0.2) is 47.3 Å². The minimum atomic E-state index is -0.269. The van der Waals surface area contributed by atoms with Crippen LogP contribution in [0.5, 0.6) is 0 Å². The molecule has 0 saturated heterocycles. The van der Waals surface area contributed by atoms with E-state index in [0.717, 1.165) is 17.5 Å². The summed E-state index contributed by atoms with van der Waals surface area (Å²) in [5.41, 5.74) is 2.17. The topological polar surface area (TPSA) is 99.7 Å². The van der Waals surface area contributed by atoms with Gasteiger partial charge in [0.25, 0.3) is 5.56 Å². The van der Waals surface area contributed by atoms with Crippen molar-refractivity contribution in [1.29, 1.82) is 0 Å². The molecular formula is C23H23ClN6O2S. The Morgan fingerprint density at radius 2 is 2.06 bits per heavy atom. The Hall–Kier alpha value is -3.30. The molecule has 0 radical (unpaired) electrons. The van der Waals surface area contributed by atoms with Crippen LogP contribution >= 0.6 is 23.8 Å². The number of nitrogens with one attached hydrogen (secondary N) is 2. The van der Waals surface area contributed by atoms with Crippen LogP contribution in [0.3, 0.4) is 0 Å². The molecule has 2 aromatic carbocycles. The van der Waals surface area contributed by atoms with Crippen molar-refractivity contribution in [2.45, 2.75) is 33.4 Å². The number of hydrogen-bond donors (Lipinski definition) is 2. The number of halogens is 1. The third-order valence-electron chi connectivity index (χ3n) is 5.23. The van der Waals surface area contributed by atoms with Crippen molar-refractivity contribution in [3.63, 3.8) is 0 Å². The first-order valence-electron chi connectivity index (χ1n) is 10.5. The molecule has 0 saturated carbocycles. The predicted molar refractivity (Wildman–Crippen MR) is 131 cm³/mol. The van der Waals surface area contributed by atoms with Gasteiger partial charge < -0.3 is 9.88 Å². The number of nitrogens with zero attached hydrogens (tertiary/aromatic N) is 4. The van der Waals surface area contributed by atoms with Gasteiger partial charge in [0.2, 0.25) is 5.91 Å². The first kappa shape index (κ1) is 22.9. The van der Waals surface area contributed by atoms with Crippen LogP contribution in [0.1, 0.15) is 24.7 Å². The van der Waals surface area contributed by atoms with Gasteiger partial charge in [-0.05, 0) is 49.8 Å². The van der Waals surface area contributed by atoms with Gasteiger partial charge in [-0.2, -0.15) is 5.10 Å². The predicted octanol–water partition coefficient (Wildman–Crippen LogP) is 4.24. The SMILES string of the molecule is CCCN(Cc1nc2cc(Cl)ccc2c(=O)[nH]1)C(=O)Cn1c(-c2cccc(C)c2)n[nH]c1=S. The van der Waals surface area contributed by atoms with Gasteiger partial charge in [0.05, 0.1) is 17.4 Å². The fraction of sp³-hybridized carbons (Fsp3) is 0.261. The van der Waals surface area contributed by atoms with Crippen LogP contribution in [0, 0.1) is 11.7 Å². The van der Waals surface area contributed by atoms with Crippen molar-refractivity contribution in [1.82, 2.24) is 29.6 Å². The number of rotatable bonds is 7. The maximum atomic E-state index is 13.3. The summed E-state index contributed by atoms with van der Waals surface area (Å²) in [5, 5.41) is 8.05. The van der Waals surface area contributed by atoms with Crippen LogP contribution in [-0.2, 0) is 17.9 Å². The Balaban J connectivity index is 1.62. The van der Waals surface area contributed by atoms with Gasteiger partial charge in [-0.1, -0.05) is 42.3 Å². The van der Waals surface area contributed by atoms with E-state index < -0.39 is 0 Å². The number of amides is 1. The van der Waals surface area contributed by atoms with E-state index in [9.17, 15) is 9.59 Å². The molecule has 4 rings (SSSR count). The van der Waals surface area contributed by atoms with Crippen LogP contribution < -0.4 is 5.56 Å². The minimum Gasteiger partial charge on any atom is -0.334 e. The number of carbonyl (C=O) groups excluding carboxylic acids is 1. The third-order valence-corrected chi connectivity index (χ3v) is 5.78. The molecular weight excluding hydrogens is 460 g/mol. The maximum absolute atomic E-state index is 13.3. The molecule has 0 bridgehead atoms. The van der Waals surface area contributed by atoms with Gasteiger partial charge >= 0.3 is 0 Å². The van der Waals surface area contributed by atoms with E-state index in [4.69, 9.17) is 23.8 Å². The molecule has 2 aromatic heterocycles. The summed E-state index contributed by atoms with van der Waals surface area (Å²) in [6.07, 6.45) is 0.747. The summed E-state index contributed by atoms with van der Waals surface area (Å²) in [7, 11) is 0. The number of aromatic amines is 2. The number of fused-ring (bicyclic) bond motifs is 1. The van der Waals surface area contributed by atoms with Crippen LogP contribution in [0.4, 0.5) is 0 Å². The zero-order chi connectivity index (χ0) is 23.5. The van der Waals surface area contributed by atoms with Gasteiger partial charge in [-0.3, -0.25) is 19.3 Å². The second kappa shape index (κ2) is 9.68. The lowest BCUT2D eigenvalue weighted by molar-refractivity contribution is -0.132. The fourth-order valence-electron chi connectivity index (χ4n) is 3.68. The zero-order valence-corrected chi connectivity index (χ0v) is 19.8. The van der Waals surface area contributed by atoms with E-state index >= 15 is 0 Å². The largest absolute Gasteiger partial charge is 0.334 e. The second-order valence-electron chi connectivity index (χ2n) is 7.80. The number of benzene rings is 2. The Bertz CT molecular complexity index is 1440. The highest BCUT2D eigenvalue weighted by atomic mass is 35.5. The number of hydrogen-bond acceptors (Lipinski definition) is 5. The van der Waals surface area contributed by atoms with Crippen molar-refractivity contribution in [3.8, 4) is 11.4 Å². The Morgan fingerprint density at radius 3 is 2.82 bits per heavy atom. The van der Waals surface area contributed by atoms with Crippen molar-refractivity contribution in [2.24, 2.45) is 0 Å². The van der Waals surface area contributed by atoms with Crippen molar-refractivity contribution >= 4 is 40.6 Å². The van der Waals surface area contributed by atoms with E-state index in [-0.39, 0.29) is 24.6 Å². The molecule has 0 spiro atoms.